The van der Waals surface area contributed by atoms with Crippen LogP contribution in [0.25, 0.3) is 0 Å². The van der Waals surface area contributed by atoms with Gasteiger partial charge in [0.25, 0.3) is 0 Å². The molecule has 0 aliphatic carbocycles. The van der Waals surface area contributed by atoms with Gasteiger partial charge in [-0.05, 0) is 86.3 Å². The van der Waals surface area contributed by atoms with Gasteiger partial charge in [-0.2, -0.15) is 0 Å². The zero-order valence-electron chi connectivity index (χ0n) is 18.0. The number of aromatic nitrogens is 1. The van der Waals surface area contributed by atoms with Crippen molar-refractivity contribution in [3.63, 3.8) is 0 Å². The van der Waals surface area contributed by atoms with E-state index in [1.807, 2.05) is 60.9 Å². The van der Waals surface area contributed by atoms with E-state index in [0.717, 1.165) is 42.9 Å². The second-order valence-corrected chi connectivity index (χ2v) is 9.72. The second kappa shape index (κ2) is 9.76. The molecule has 0 spiro atoms. The molecule has 2 atom stereocenters. The standard InChI is InChI=1S/C26H28N4OS/c31-26(28-21-8-10-23(11-9-21)32-22-6-2-1-3-7-22)29-25-20-12-15-30(16-13-20)24(25)17-19-5-4-14-27-18-19/h1-11,14,18,20,24-25H,12-13,15-17H2,(H2,28,29,31). The monoisotopic (exact) mass is 444 g/mol. The third-order valence-corrected chi connectivity index (χ3v) is 7.54. The molecular weight excluding hydrogens is 416 g/mol. The van der Waals surface area contributed by atoms with Gasteiger partial charge in [0, 0.05) is 40.0 Å². The summed E-state index contributed by atoms with van der Waals surface area (Å²) >= 11 is 1.71. The Morgan fingerprint density at radius 1 is 0.969 bits per heavy atom. The molecule has 1 aromatic heterocycles. The smallest absolute Gasteiger partial charge is 0.319 e. The van der Waals surface area contributed by atoms with E-state index >= 15 is 0 Å². The van der Waals surface area contributed by atoms with Gasteiger partial charge in [-0.15, -0.1) is 0 Å². The highest BCUT2D eigenvalue weighted by Gasteiger charge is 2.42. The minimum absolute atomic E-state index is 0.122. The summed E-state index contributed by atoms with van der Waals surface area (Å²) in [6.45, 7) is 2.24. The lowest BCUT2D eigenvalue weighted by Crippen LogP contribution is -2.64. The maximum Gasteiger partial charge on any atom is 0.319 e. The van der Waals surface area contributed by atoms with Gasteiger partial charge in [0.05, 0.1) is 0 Å². The Morgan fingerprint density at radius 3 is 2.44 bits per heavy atom. The number of hydrogen-bond donors (Lipinski definition) is 2. The zero-order valence-corrected chi connectivity index (χ0v) is 18.8. The van der Waals surface area contributed by atoms with Gasteiger partial charge < -0.3 is 10.6 Å². The SMILES string of the molecule is O=C(Nc1ccc(Sc2ccccc2)cc1)NC1C2CCN(CC2)C1Cc1cccnc1. The van der Waals surface area contributed by atoms with Gasteiger partial charge in [0.2, 0.25) is 0 Å². The molecule has 2 unspecified atom stereocenters. The highest BCUT2D eigenvalue weighted by atomic mass is 32.2. The summed E-state index contributed by atoms with van der Waals surface area (Å²) in [5.41, 5.74) is 2.04. The topological polar surface area (TPSA) is 57.3 Å². The molecular formula is C26H28N4OS. The van der Waals surface area contributed by atoms with Crippen LogP contribution >= 0.6 is 11.8 Å². The van der Waals surface area contributed by atoms with Crippen LogP contribution in [-0.2, 0) is 6.42 Å². The van der Waals surface area contributed by atoms with Crippen molar-refractivity contribution < 1.29 is 4.79 Å². The van der Waals surface area contributed by atoms with Crippen molar-refractivity contribution in [1.29, 1.82) is 0 Å². The van der Waals surface area contributed by atoms with Crippen LogP contribution in [0.4, 0.5) is 10.5 Å². The third-order valence-electron chi connectivity index (χ3n) is 6.52. The Kier molecular flexibility index (Phi) is 6.41. The van der Waals surface area contributed by atoms with E-state index in [1.54, 1.807) is 11.8 Å². The number of urea groups is 1. The summed E-state index contributed by atoms with van der Waals surface area (Å²) in [7, 11) is 0. The lowest BCUT2D eigenvalue weighted by Gasteiger charge is -2.51. The molecule has 3 saturated heterocycles. The number of piperidine rings is 3. The first-order valence-electron chi connectivity index (χ1n) is 11.3. The molecule has 3 aliphatic rings. The molecule has 5 nitrogen and oxygen atoms in total. The van der Waals surface area contributed by atoms with E-state index in [0.29, 0.717) is 12.0 Å². The molecule has 3 fully saturated rings. The predicted octanol–water partition coefficient (Wildman–Crippen LogP) is 5.06. The average molecular weight is 445 g/mol. The van der Waals surface area contributed by atoms with Crippen molar-refractivity contribution in [2.45, 2.75) is 41.1 Å². The molecule has 3 aromatic rings. The van der Waals surface area contributed by atoms with Gasteiger partial charge in [0.1, 0.15) is 0 Å². The van der Waals surface area contributed by atoms with Crippen molar-refractivity contribution in [3.05, 3.63) is 84.7 Å². The lowest BCUT2D eigenvalue weighted by atomic mass is 9.77. The van der Waals surface area contributed by atoms with Crippen LogP contribution in [0.5, 0.6) is 0 Å². The van der Waals surface area contributed by atoms with Gasteiger partial charge >= 0.3 is 6.03 Å². The van der Waals surface area contributed by atoms with Crippen LogP contribution in [0.15, 0.2) is 88.9 Å². The summed E-state index contributed by atoms with van der Waals surface area (Å²) in [5.74, 6) is 0.539. The largest absolute Gasteiger partial charge is 0.333 e. The molecule has 4 heterocycles. The van der Waals surface area contributed by atoms with E-state index in [1.165, 1.54) is 10.5 Å². The molecule has 2 aromatic carbocycles. The number of carbonyl (C=O) groups excluding carboxylic acids is 1. The summed E-state index contributed by atoms with van der Waals surface area (Å²) < 4.78 is 0. The Hall–Kier alpha value is -2.83. The molecule has 32 heavy (non-hydrogen) atoms. The third kappa shape index (κ3) is 4.97. The fourth-order valence-electron chi connectivity index (χ4n) is 4.93. The van der Waals surface area contributed by atoms with Crippen molar-refractivity contribution in [2.24, 2.45) is 5.92 Å². The van der Waals surface area contributed by atoms with Crippen LogP contribution in [0.1, 0.15) is 18.4 Å². The predicted molar refractivity (Wildman–Crippen MR) is 129 cm³/mol. The first kappa shape index (κ1) is 21.0. The molecule has 0 saturated carbocycles. The number of amides is 2. The van der Waals surface area contributed by atoms with Crippen LogP contribution in [0.2, 0.25) is 0 Å². The minimum Gasteiger partial charge on any atom is -0.333 e. The Labute approximate surface area is 193 Å². The van der Waals surface area contributed by atoms with Crippen LogP contribution in [-0.4, -0.2) is 41.1 Å². The van der Waals surface area contributed by atoms with E-state index in [2.05, 4.69) is 38.7 Å². The maximum atomic E-state index is 12.9. The summed E-state index contributed by atoms with van der Waals surface area (Å²) in [4.78, 5) is 22.0. The second-order valence-electron chi connectivity index (χ2n) is 8.57. The first-order chi connectivity index (χ1) is 15.7. The Bertz CT molecular complexity index is 1020. The fraction of sp³-hybridized carbons (Fsp3) is 0.308. The quantitative estimate of drug-likeness (QED) is 0.558. The summed E-state index contributed by atoms with van der Waals surface area (Å²) in [6, 6.07) is 22.8. The molecule has 6 rings (SSSR count). The van der Waals surface area contributed by atoms with Crippen molar-refractivity contribution in [3.8, 4) is 0 Å². The first-order valence-corrected chi connectivity index (χ1v) is 12.1. The van der Waals surface area contributed by atoms with E-state index in [4.69, 9.17) is 0 Å². The van der Waals surface area contributed by atoms with Crippen LogP contribution < -0.4 is 10.6 Å². The molecule has 2 N–H and O–H groups in total. The number of rotatable bonds is 6. The van der Waals surface area contributed by atoms with Gasteiger partial charge in [-0.3, -0.25) is 9.88 Å². The normalized spacial score (nSPS) is 24.1. The van der Waals surface area contributed by atoms with Crippen LogP contribution in [0, 0.1) is 5.92 Å². The zero-order chi connectivity index (χ0) is 21.8. The number of carbonyl (C=O) groups is 1. The summed E-state index contributed by atoms with van der Waals surface area (Å²) in [5, 5.41) is 6.34. The van der Waals surface area contributed by atoms with Gasteiger partial charge in [-0.25, -0.2) is 4.79 Å². The minimum atomic E-state index is -0.122. The van der Waals surface area contributed by atoms with Gasteiger partial charge in [0.15, 0.2) is 0 Å². The maximum absolute atomic E-state index is 12.9. The highest BCUT2D eigenvalue weighted by Crippen LogP contribution is 2.34. The van der Waals surface area contributed by atoms with Crippen LogP contribution in [0.3, 0.4) is 0 Å². The average Bonchev–Trinajstić information content (AvgIpc) is 2.84. The fourth-order valence-corrected chi connectivity index (χ4v) is 5.77. The number of nitrogens with zero attached hydrogens (tertiary/aromatic N) is 2. The summed E-state index contributed by atoms with van der Waals surface area (Å²) in [6.07, 6.45) is 6.97. The molecule has 2 amide bonds. The van der Waals surface area contributed by atoms with Crippen molar-refractivity contribution in [2.75, 3.05) is 18.4 Å². The molecule has 3 aliphatic heterocycles. The molecule has 2 bridgehead atoms. The number of hydrogen-bond acceptors (Lipinski definition) is 4. The molecule has 6 heteroatoms. The van der Waals surface area contributed by atoms with E-state index in [-0.39, 0.29) is 12.1 Å². The highest BCUT2D eigenvalue weighted by molar-refractivity contribution is 7.99. The van der Waals surface area contributed by atoms with Crippen molar-refractivity contribution >= 4 is 23.5 Å². The van der Waals surface area contributed by atoms with E-state index < -0.39 is 0 Å². The Morgan fingerprint density at radius 2 is 1.72 bits per heavy atom. The van der Waals surface area contributed by atoms with E-state index in [9.17, 15) is 4.79 Å². The number of benzene rings is 2. The molecule has 164 valence electrons. The number of anilines is 1. The lowest BCUT2D eigenvalue weighted by molar-refractivity contribution is 0.0184. The number of nitrogens with one attached hydrogen (secondary N) is 2. The van der Waals surface area contributed by atoms with Gasteiger partial charge in [-0.1, -0.05) is 36.0 Å². The number of fused-ring (bicyclic) bond motifs is 3. The van der Waals surface area contributed by atoms with Crippen molar-refractivity contribution in [1.82, 2.24) is 15.2 Å². The number of pyridine rings is 1. The molecule has 0 radical (unpaired) electrons. The Balaban J connectivity index is 1.21.